The van der Waals surface area contributed by atoms with Gasteiger partial charge in [0.2, 0.25) is 11.8 Å². The number of aliphatic hydroxyl groups is 1. The van der Waals surface area contributed by atoms with Crippen LogP contribution in [0.15, 0.2) is 42.5 Å². The summed E-state index contributed by atoms with van der Waals surface area (Å²) in [4.78, 5) is 52.6. The highest BCUT2D eigenvalue weighted by Gasteiger charge is 2.33. The van der Waals surface area contributed by atoms with Crippen molar-refractivity contribution in [1.82, 2.24) is 10.2 Å². The van der Waals surface area contributed by atoms with Crippen LogP contribution in [-0.4, -0.2) is 65.6 Å². The van der Waals surface area contributed by atoms with Crippen LogP contribution < -0.4 is 5.32 Å². The van der Waals surface area contributed by atoms with Gasteiger partial charge < -0.3 is 24.8 Å². The van der Waals surface area contributed by atoms with Gasteiger partial charge in [-0.05, 0) is 37.7 Å². The van der Waals surface area contributed by atoms with Gasteiger partial charge >= 0.3 is 11.9 Å². The molecule has 0 unspecified atom stereocenters. The van der Waals surface area contributed by atoms with E-state index in [4.69, 9.17) is 9.47 Å². The highest BCUT2D eigenvalue weighted by atomic mass is 16.6. The summed E-state index contributed by atoms with van der Waals surface area (Å²) in [7, 11) is 0. The van der Waals surface area contributed by atoms with Crippen LogP contribution in [0.3, 0.4) is 0 Å². The van der Waals surface area contributed by atoms with E-state index in [0.29, 0.717) is 25.8 Å². The quantitative estimate of drug-likeness (QED) is 0.465. The lowest BCUT2D eigenvalue weighted by molar-refractivity contribution is -0.155. The smallest absolute Gasteiger partial charge is 0.332 e. The van der Waals surface area contributed by atoms with Gasteiger partial charge in [-0.3, -0.25) is 14.4 Å². The molecule has 2 heterocycles. The molecule has 2 aliphatic heterocycles. The molecule has 190 valence electrons. The molecular weight excluding hydrogens is 452 g/mol. The van der Waals surface area contributed by atoms with Crippen LogP contribution in [0.2, 0.25) is 0 Å². The highest BCUT2D eigenvalue weighted by molar-refractivity contribution is 5.89. The Morgan fingerprint density at radius 3 is 2.71 bits per heavy atom. The van der Waals surface area contributed by atoms with Crippen LogP contribution in [0.5, 0.6) is 0 Å². The zero-order valence-corrected chi connectivity index (χ0v) is 19.9. The molecule has 1 fully saturated rings. The van der Waals surface area contributed by atoms with Crippen LogP contribution >= 0.6 is 0 Å². The summed E-state index contributed by atoms with van der Waals surface area (Å²) in [6.07, 6.45) is 6.95. The zero-order chi connectivity index (χ0) is 25.0. The maximum Gasteiger partial charge on any atom is 0.332 e. The summed E-state index contributed by atoms with van der Waals surface area (Å²) < 4.78 is 10.6. The second-order valence-electron chi connectivity index (χ2n) is 8.90. The number of hydrogen-bond donors (Lipinski definition) is 2. The normalized spacial score (nSPS) is 23.9. The summed E-state index contributed by atoms with van der Waals surface area (Å²) in [5.41, 5.74) is 0.784. The third kappa shape index (κ3) is 8.20. The number of hydrogen-bond acceptors (Lipinski definition) is 7. The van der Waals surface area contributed by atoms with E-state index in [1.165, 1.54) is 0 Å². The van der Waals surface area contributed by atoms with Crippen LogP contribution in [0.4, 0.5) is 0 Å². The third-order valence-corrected chi connectivity index (χ3v) is 6.27. The minimum Gasteiger partial charge on any atom is -0.463 e. The molecule has 3 rings (SSSR count). The number of ether oxygens (including phenoxy) is 2. The standard InChI is InChI=1S/C26H34N2O7/c29-16-21-12-8-14-28(21)23(30)15-20-11-6-1-2-7-13-24(31)34-18-22(27-25(20)32)26(33)35-17-19-9-4-3-5-10-19/h1,3-6,9-10,20-22,29H,2,7-8,11-18H2,(H,27,32)/t20-,21+,22-/m1/s1. The first-order valence-corrected chi connectivity index (χ1v) is 12.2. The van der Waals surface area contributed by atoms with Crippen LogP contribution in [-0.2, 0) is 35.3 Å². The zero-order valence-electron chi connectivity index (χ0n) is 19.9. The first-order chi connectivity index (χ1) is 17.0. The second kappa shape index (κ2) is 13.6. The fourth-order valence-corrected chi connectivity index (χ4v) is 4.24. The van der Waals surface area contributed by atoms with Gasteiger partial charge in [-0.25, -0.2) is 4.79 Å². The summed E-state index contributed by atoms with van der Waals surface area (Å²) in [5, 5.41) is 12.2. The van der Waals surface area contributed by atoms with Crippen LogP contribution in [0.1, 0.15) is 50.5 Å². The SMILES string of the molecule is O=C1CCCC=CC[C@H](CC(=O)N2CCC[C@H]2CO)C(=O)N[C@@H](C(=O)OCc2ccccc2)CO1. The molecule has 0 spiro atoms. The molecule has 9 nitrogen and oxygen atoms in total. The minimum atomic E-state index is -1.19. The van der Waals surface area contributed by atoms with E-state index in [-0.39, 0.29) is 44.6 Å². The number of likely N-dealkylation sites (tertiary alicyclic amines) is 1. The van der Waals surface area contributed by atoms with E-state index in [1.807, 2.05) is 42.5 Å². The largest absolute Gasteiger partial charge is 0.463 e. The highest BCUT2D eigenvalue weighted by Crippen LogP contribution is 2.21. The molecule has 0 aliphatic carbocycles. The van der Waals surface area contributed by atoms with Gasteiger partial charge in [0, 0.05) is 19.4 Å². The Labute approximate surface area is 205 Å². The topological polar surface area (TPSA) is 122 Å². The Morgan fingerprint density at radius 1 is 1.14 bits per heavy atom. The lowest BCUT2D eigenvalue weighted by Crippen LogP contribution is -2.48. The molecule has 2 aliphatic rings. The van der Waals surface area contributed by atoms with E-state index in [0.717, 1.165) is 18.4 Å². The average Bonchev–Trinajstić information content (AvgIpc) is 3.35. The number of nitrogens with one attached hydrogen (secondary N) is 1. The molecule has 0 bridgehead atoms. The van der Waals surface area contributed by atoms with Crippen molar-refractivity contribution in [3.63, 3.8) is 0 Å². The van der Waals surface area contributed by atoms with Crippen LogP contribution in [0.25, 0.3) is 0 Å². The van der Waals surface area contributed by atoms with Crippen molar-refractivity contribution >= 4 is 23.8 Å². The molecule has 0 aromatic heterocycles. The maximum atomic E-state index is 13.2. The van der Waals surface area contributed by atoms with Crippen molar-refractivity contribution in [2.75, 3.05) is 19.8 Å². The van der Waals surface area contributed by atoms with Crippen molar-refractivity contribution < 1.29 is 33.8 Å². The molecule has 1 aromatic carbocycles. The number of aliphatic hydroxyl groups excluding tert-OH is 1. The van der Waals surface area contributed by atoms with Gasteiger partial charge in [0.25, 0.3) is 0 Å². The van der Waals surface area contributed by atoms with Crippen molar-refractivity contribution in [3.8, 4) is 0 Å². The average molecular weight is 487 g/mol. The number of esters is 2. The van der Waals surface area contributed by atoms with Crippen molar-refractivity contribution in [2.45, 2.75) is 63.6 Å². The molecule has 2 amide bonds. The van der Waals surface area contributed by atoms with Gasteiger partial charge in [0.1, 0.15) is 13.2 Å². The van der Waals surface area contributed by atoms with Crippen molar-refractivity contribution in [2.24, 2.45) is 5.92 Å². The first-order valence-electron chi connectivity index (χ1n) is 12.2. The molecule has 9 heteroatoms. The second-order valence-corrected chi connectivity index (χ2v) is 8.90. The van der Waals surface area contributed by atoms with Gasteiger partial charge in [-0.15, -0.1) is 0 Å². The van der Waals surface area contributed by atoms with Crippen molar-refractivity contribution in [3.05, 3.63) is 48.0 Å². The predicted octanol–water partition coefficient (Wildman–Crippen LogP) is 1.88. The van der Waals surface area contributed by atoms with Gasteiger partial charge in [-0.1, -0.05) is 42.5 Å². The summed E-state index contributed by atoms with van der Waals surface area (Å²) >= 11 is 0. The number of carbonyl (C=O) groups is 4. The number of carbonyl (C=O) groups excluding carboxylic acids is 4. The Hall–Kier alpha value is -3.20. The fraction of sp³-hybridized carbons (Fsp3) is 0.538. The predicted molar refractivity (Wildman–Crippen MR) is 127 cm³/mol. The lowest BCUT2D eigenvalue weighted by atomic mass is 9.98. The number of allylic oxidation sites excluding steroid dienone is 2. The van der Waals surface area contributed by atoms with Crippen LogP contribution in [0, 0.1) is 5.92 Å². The lowest BCUT2D eigenvalue weighted by Gasteiger charge is -2.26. The summed E-state index contributed by atoms with van der Waals surface area (Å²) in [6.45, 7) is 0.120. The molecule has 0 saturated carbocycles. The first kappa shape index (κ1) is 26.4. The monoisotopic (exact) mass is 486 g/mol. The van der Waals surface area contributed by atoms with Crippen molar-refractivity contribution in [1.29, 1.82) is 0 Å². The van der Waals surface area contributed by atoms with E-state index in [9.17, 15) is 24.3 Å². The minimum absolute atomic E-state index is 0.0160. The van der Waals surface area contributed by atoms with Gasteiger partial charge in [-0.2, -0.15) is 0 Å². The van der Waals surface area contributed by atoms with E-state index >= 15 is 0 Å². The molecule has 1 saturated heterocycles. The summed E-state index contributed by atoms with van der Waals surface area (Å²) in [6, 6.07) is 7.70. The molecule has 3 atom stereocenters. The number of rotatable bonds is 6. The van der Waals surface area contributed by atoms with E-state index in [1.54, 1.807) is 4.90 Å². The Balaban J connectivity index is 1.70. The van der Waals surface area contributed by atoms with E-state index in [2.05, 4.69) is 5.32 Å². The number of cyclic esters (lactones) is 1. The third-order valence-electron chi connectivity index (χ3n) is 6.27. The summed E-state index contributed by atoms with van der Waals surface area (Å²) in [5.74, 6) is -2.57. The Morgan fingerprint density at radius 2 is 1.94 bits per heavy atom. The molecular formula is C26H34N2O7. The number of amides is 2. The molecule has 0 radical (unpaired) electrons. The number of benzene rings is 1. The Kier molecular flexibility index (Phi) is 10.3. The van der Waals surface area contributed by atoms with Gasteiger partial charge in [0.15, 0.2) is 6.04 Å². The Bertz CT molecular complexity index is 902. The number of nitrogens with zero attached hydrogens (tertiary/aromatic N) is 1. The molecule has 1 aromatic rings. The van der Waals surface area contributed by atoms with E-state index < -0.39 is 29.8 Å². The van der Waals surface area contributed by atoms with Gasteiger partial charge in [0.05, 0.1) is 18.6 Å². The maximum absolute atomic E-state index is 13.2. The fourth-order valence-electron chi connectivity index (χ4n) is 4.24. The molecule has 2 N–H and O–H groups in total. The molecule has 35 heavy (non-hydrogen) atoms.